The topological polar surface area (TPSA) is 180 Å². The zero-order valence-electron chi connectivity index (χ0n) is 19.5. The standard InChI is InChI=1S/C21H37N5O6S/c1-4-12(2)17(26-18(28)13-6-5-10-23-13)20(30)24-14(9-11-33-3)19(29)25-15(21(31)32)7-8-16(22)27/h12-15,17,23H,4-11H2,1-3H3,(H2,22,27)(H,24,30)(H,25,29)(H,26,28)(H,31,32). The van der Waals surface area contributed by atoms with E-state index in [0.717, 1.165) is 13.0 Å². The summed E-state index contributed by atoms with van der Waals surface area (Å²) in [7, 11) is 0. The minimum atomic E-state index is -1.31. The third-order valence-electron chi connectivity index (χ3n) is 5.71. The summed E-state index contributed by atoms with van der Waals surface area (Å²) in [5.41, 5.74) is 5.08. The minimum Gasteiger partial charge on any atom is -0.480 e. The maximum atomic E-state index is 13.1. The number of carboxylic acid groups (broad SMARTS) is 1. The van der Waals surface area contributed by atoms with Crippen LogP contribution in [0, 0.1) is 5.92 Å². The number of nitrogens with one attached hydrogen (secondary N) is 4. The summed E-state index contributed by atoms with van der Waals surface area (Å²) in [5.74, 6) is -3.02. The van der Waals surface area contributed by atoms with Gasteiger partial charge < -0.3 is 32.1 Å². The van der Waals surface area contributed by atoms with E-state index in [1.165, 1.54) is 11.8 Å². The fourth-order valence-electron chi connectivity index (χ4n) is 3.45. The number of carbonyl (C=O) groups excluding carboxylic acids is 4. The SMILES string of the molecule is CCC(C)C(NC(=O)C1CCCN1)C(=O)NC(CCSC)C(=O)NC(CCC(N)=O)C(=O)O. The fraction of sp³-hybridized carbons (Fsp3) is 0.762. The van der Waals surface area contributed by atoms with Crippen LogP contribution in [0.15, 0.2) is 0 Å². The Bertz CT molecular complexity index is 701. The van der Waals surface area contributed by atoms with E-state index in [2.05, 4.69) is 21.3 Å². The van der Waals surface area contributed by atoms with Crippen LogP contribution in [-0.2, 0) is 24.0 Å². The normalized spacial score (nSPS) is 19.1. The molecule has 1 fully saturated rings. The van der Waals surface area contributed by atoms with Crippen LogP contribution in [0.4, 0.5) is 0 Å². The average Bonchev–Trinajstić information content (AvgIpc) is 3.31. The summed E-state index contributed by atoms with van der Waals surface area (Å²) in [5, 5.41) is 20.3. The molecule has 5 atom stereocenters. The number of carbonyl (C=O) groups is 5. The Hall–Kier alpha value is -2.34. The number of amides is 4. The Labute approximate surface area is 198 Å². The lowest BCUT2D eigenvalue weighted by Crippen LogP contribution is -2.58. The molecule has 5 unspecified atom stereocenters. The molecule has 0 aliphatic carbocycles. The molecule has 1 aliphatic heterocycles. The first-order valence-corrected chi connectivity index (χ1v) is 12.6. The first kappa shape index (κ1) is 28.7. The number of hydrogen-bond donors (Lipinski definition) is 6. The van der Waals surface area contributed by atoms with Crippen LogP contribution < -0.4 is 27.0 Å². The van der Waals surface area contributed by atoms with Crippen LogP contribution in [-0.4, -0.2) is 77.4 Å². The molecule has 0 radical (unpaired) electrons. The van der Waals surface area contributed by atoms with Crippen LogP contribution in [0.5, 0.6) is 0 Å². The van der Waals surface area contributed by atoms with Gasteiger partial charge in [-0.05, 0) is 50.2 Å². The minimum absolute atomic E-state index is 0.153. The van der Waals surface area contributed by atoms with E-state index in [-0.39, 0.29) is 37.1 Å². The van der Waals surface area contributed by atoms with Crippen molar-refractivity contribution in [2.75, 3.05) is 18.6 Å². The maximum Gasteiger partial charge on any atom is 0.326 e. The molecule has 0 aromatic heterocycles. The molecule has 0 saturated carbocycles. The first-order chi connectivity index (χ1) is 15.6. The van der Waals surface area contributed by atoms with Crippen LogP contribution >= 0.6 is 11.8 Å². The van der Waals surface area contributed by atoms with Gasteiger partial charge in [-0.25, -0.2) is 4.79 Å². The quantitative estimate of drug-likeness (QED) is 0.176. The summed E-state index contributed by atoms with van der Waals surface area (Å²) in [6, 6.07) is -3.48. The molecule has 1 heterocycles. The van der Waals surface area contributed by atoms with Gasteiger partial charge >= 0.3 is 5.97 Å². The zero-order chi connectivity index (χ0) is 25.0. The zero-order valence-corrected chi connectivity index (χ0v) is 20.3. The second-order valence-electron chi connectivity index (χ2n) is 8.27. The van der Waals surface area contributed by atoms with Gasteiger partial charge in [-0.15, -0.1) is 0 Å². The van der Waals surface area contributed by atoms with Crippen molar-refractivity contribution in [1.82, 2.24) is 21.3 Å². The summed E-state index contributed by atoms with van der Waals surface area (Å²) in [6.07, 6.45) is 3.98. The average molecular weight is 488 g/mol. The number of nitrogens with two attached hydrogens (primary N) is 1. The Morgan fingerprint density at radius 2 is 1.76 bits per heavy atom. The molecular formula is C21H37N5O6S. The monoisotopic (exact) mass is 487 g/mol. The van der Waals surface area contributed by atoms with Crippen molar-refractivity contribution in [3.8, 4) is 0 Å². The first-order valence-electron chi connectivity index (χ1n) is 11.2. The van der Waals surface area contributed by atoms with Gasteiger partial charge in [0.2, 0.25) is 23.6 Å². The molecule has 1 aliphatic rings. The highest BCUT2D eigenvalue weighted by atomic mass is 32.2. The number of carboxylic acids is 1. The Morgan fingerprint density at radius 1 is 1.09 bits per heavy atom. The molecule has 0 spiro atoms. The van der Waals surface area contributed by atoms with E-state index < -0.39 is 41.8 Å². The molecule has 0 bridgehead atoms. The third kappa shape index (κ3) is 9.99. The smallest absolute Gasteiger partial charge is 0.326 e. The van der Waals surface area contributed by atoms with Crippen molar-refractivity contribution in [3.63, 3.8) is 0 Å². The number of primary amides is 1. The van der Waals surface area contributed by atoms with Crippen LogP contribution in [0.25, 0.3) is 0 Å². The van der Waals surface area contributed by atoms with Gasteiger partial charge in [-0.2, -0.15) is 11.8 Å². The predicted octanol–water partition coefficient (Wildman–Crippen LogP) is -0.658. The van der Waals surface area contributed by atoms with Crippen LogP contribution in [0.3, 0.4) is 0 Å². The van der Waals surface area contributed by atoms with Crippen molar-refractivity contribution in [2.45, 2.75) is 76.5 Å². The molecule has 0 aromatic carbocycles. The van der Waals surface area contributed by atoms with Gasteiger partial charge in [0.1, 0.15) is 18.1 Å². The molecule has 7 N–H and O–H groups in total. The van der Waals surface area contributed by atoms with Crippen LogP contribution in [0.1, 0.15) is 52.4 Å². The van der Waals surface area contributed by atoms with Crippen molar-refractivity contribution >= 4 is 41.4 Å². The van der Waals surface area contributed by atoms with E-state index in [0.29, 0.717) is 18.6 Å². The summed E-state index contributed by atoms with van der Waals surface area (Å²) in [4.78, 5) is 61.0. The van der Waals surface area contributed by atoms with Gasteiger partial charge in [0.25, 0.3) is 0 Å². The number of aliphatic carboxylic acids is 1. The van der Waals surface area contributed by atoms with E-state index in [9.17, 15) is 29.1 Å². The molecule has 0 aromatic rings. The third-order valence-corrected chi connectivity index (χ3v) is 6.35. The van der Waals surface area contributed by atoms with Gasteiger partial charge in [-0.3, -0.25) is 19.2 Å². The second-order valence-corrected chi connectivity index (χ2v) is 9.25. The van der Waals surface area contributed by atoms with Crippen molar-refractivity contribution in [1.29, 1.82) is 0 Å². The van der Waals surface area contributed by atoms with E-state index in [4.69, 9.17) is 5.73 Å². The highest BCUT2D eigenvalue weighted by Gasteiger charge is 2.33. The van der Waals surface area contributed by atoms with Crippen molar-refractivity contribution in [2.24, 2.45) is 11.7 Å². The van der Waals surface area contributed by atoms with Gasteiger partial charge in [-0.1, -0.05) is 20.3 Å². The number of thioether (sulfide) groups is 1. The van der Waals surface area contributed by atoms with Gasteiger partial charge in [0.15, 0.2) is 0 Å². The van der Waals surface area contributed by atoms with Gasteiger partial charge in [0.05, 0.1) is 6.04 Å². The molecule has 1 saturated heterocycles. The molecular weight excluding hydrogens is 450 g/mol. The lowest BCUT2D eigenvalue weighted by atomic mass is 9.97. The summed E-state index contributed by atoms with van der Waals surface area (Å²) < 4.78 is 0. The molecule has 4 amide bonds. The van der Waals surface area contributed by atoms with Crippen molar-refractivity contribution < 1.29 is 29.1 Å². The van der Waals surface area contributed by atoms with Gasteiger partial charge in [0, 0.05) is 6.42 Å². The summed E-state index contributed by atoms with van der Waals surface area (Å²) in [6.45, 7) is 4.49. The highest BCUT2D eigenvalue weighted by molar-refractivity contribution is 7.98. The lowest BCUT2D eigenvalue weighted by molar-refractivity contribution is -0.142. The molecule has 188 valence electrons. The highest BCUT2D eigenvalue weighted by Crippen LogP contribution is 2.12. The summed E-state index contributed by atoms with van der Waals surface area (Å²) >= 11 is 1.47. The van der Waals surface area contributed by atoms with Crippen molar-refractivity contribution in [3.05, 3.63) is 0 Å². The Balaban J connectivity index is 2.91. The van der Waals surface area contributed by atoms with E-state index in [1.807, 2.05) is 20.1 Å². The molecule has 12 heteroatoms. The predicted molar refractivity (Wildman–Crippen MR) is 125 cm³/mol. The Kier molecular flexibility index (Phi) is 12.8. The fourth-order valence-corrected chi connectivity index (χ4v) is 3.92. The van der Waals surface area contributed by atoms with E-state index >= 15 is 0 Å². The second kappa shape index (κ2) is 14.7. The van der Waals surface area contributed by atoms with Crippen LogP contribution in [0.2, 0.25) is 0 Å². The lowest BCUT2D eigenvalue weighted by Gasteiger charge is -2.28. The molecule has 33 heavy (non-hydrogen) atoms. The molecule has 1 rings (SSSR count). The maximum absolute atomic E-state index is 13.1. The Morgan fingerprint density at radius 3 is 2.27 bits per heavy atom. The number of hydrogen-bond acceptors (Lipinski definition) is 7. The number of rotatable bonds is 15. The molecule has 11 nitrogen and oxygen atoms in total. The van der Waals surface area contributed by atoms with E-state index in [1.54, 1.807) is 0 Å². The largest absolute Gasteiger partial charge is 0.480 e.